The Morgan fingerprint density at radius 1 is 1.21 bits per heavy atom. The molecule has 0 fully saturated rings. The Bertz CT molecular complexity index is 745. The van der Waals surface area contributed by atoms with Gasteiger partial charge in [0.15, 0.2) is 0 Å². The predicted molar refractivity (Wildman–Crippen MR) is 96.6 cm³/mol. The molecular formula is C19H23NO3S. The van der Waals surface area contributed by atoms with Crippen LogP contribution in [0.2, 0.25) is 0 Å². The minimum absolute atomic E-state index is 0.0283. The Hall–Kier alpha value is -2.14. The molecule has 0 aliphatic rings. The smallest absolute Gasteiger partial charge is 0.235 e. The van der Waals surface area contributed by atoms with Crippen LogP contribution in [0.15, 0.2) is 53.4 Å². The van der Waals surface area contributed by atoms with Crippen LogP contribution in [0, 0.1) is 6.92 Å². The van der Waals surface area contributed by atoms with Crippen molar-refractivity contribution < 1.29 is 13.7 Å². The highest BCUT2D eigenvalue weighted by molar-refractivity contribution is 7.85. The molecule has 4 nitrogen and oxygen atoms in total. The lowest BCUT2D eigenvalue weighted by atomic mass is 10.1. The summed E-state index contributed by atoms with van der Waals surface area (Å²) in [5, 5.41) is 0. The van der Waals surface area contributed by atoms with Crippen LogP contribution < -0.4 is 4.74 Å². The van der Waals surface area contributed by atoms with Gasteiger partial charge in [0.05, 0.1) is 24.0 Å². The fourth-order valence-corrected chi connectivity index (χ4v) is 3.63. The van der Waals surface area contributed by atoms with E-state index in [-0.39, 0.29) is 17.7 Å². The van der Waals surface area contributed by atoms with Crippen molar-refractivity contribution in [1.29, 1.82) is 0 Å². The van der Waals surface area contributed by atoms with Gasteiger partial charge in [-0.15, -0.1) is 0 Å². The topological polar surface area (TPSA) is 46.6 Å². The summed E-state index contributed by atoms with van der Waals surface area (Å²) in [6, 6.07) is 14.9. The standard InChI is InChI=1S/C19H23NO3S/c1-14-8-7-9-16(12-14)24(22)13-19(21)20(3)15(2)17-10-5-6-11-18(17)23-4/h5-12,15H,13H2,1-4H3/t15-,24+/m1/s1. The van der Waals surface area contributed by atoms with E-state index < -0.39 is 10.8 Å². The van der Waals surface area contributed by atoms with E-state index in [4.69, 9.17) is 4.74 Å². The van der Waals surface area contributed by atoms with E-state index in [1.165, 1.54) is 0 Å². The van der Waals surface area contributed by atoms with Gasteiger partial charge < -0.3 is 9.64 Å². The molecule has 2 aromatic carbocycles. The highest BCUT2D eigenvalue weighted by Crippen LogP contribution is 2.28. The number of ether oxygens (including phenoxy) is 1. The van der Waals surface area contributed by atoms with Crippen molar-refractivity contribution in [1.82, 2.24) is 4.90 Å². The maximum Gasteiger partial charge on any atom is 0.235 e. The summed E-state index contributed by atoms with van der Waals surface area (Å²) in [4.78, 5) is 14.8. The quantitative estimate of drug-likeness (QED) is 0.807. The van der Waals surface area contributed by atoms with Crippen molar-refractivity contribution in [3.05, 3.63) is 59.7 Å². The number of hydrogen-bond donors (Lipinski definition) is 0. The number of rotatable bonds is 6. The lowest BCUT2D eigenvalue weighted by molar-refractivity contribution is -0.129. The fourth-order valence-electron chi connectivity index (χ4n) is 2.49. The number of methoxy groups -OCH3 is 1. The molecule has 0 unspecified atom stereocenters. The molecule has 2 atom stereocenters. The molecular weight excluding hydrogens is 322 g/mol. The second-order valence-electron chi connectivity index (χ2n) is 5.73. The van der Waals surface area contributed by atoms with Gasteiger partial charge in [0.1, 0.15) is 11.5 Å². The normalized spacial score (nSPS) is 13.2. The maximum absolute atomic E-state index is 12.5. The molecule has 0 bridgehead atoms. The first-order valence-corrected chi connectivity index (χ1v) is 9.09. The SMILES string of the molecule is COc1ccccc1[C@@H](C)N(C)C(=O)C[S@](=O)c1cccc(C)c1. The molecule has 0 radical (unpaired) electrons. The summed E-state index contributed by atoms with van der Waals surface area (Å²) < 4.78 is 17.8. The third-order valence-electron chi connectivity index (χ3n) is 4.07. The average molecular weight is 345 g/mol. The van der Waals surface area contributed by atoms with E-state index >= 15 is 0 Å². The number of amides is 1. The van der Waals surface area contributed by atoms with Gasteiger partial charge in [-0.3, -0.25) is 9.00 Å². The molecule has 0 aliphatic heterocycles. The molecule has 2 aromatic rings. The number of nitrogens with zero attached hydrogens (tertiary/aromatic N) is 1. The Morgan fingerprint density at radius 3 is 2.58 bits per heavy atom. The van der Waals surface area contributed by atoms with Crippen molar-refractivity contribution in [2.24, 2.45) is 0 Å². The molecule has 5 heteroatoms. The monoisotopic (exact) mass is 345 g/mol. The molecule has 0 aliphatic carbocycles. The van der Waals surface area contributed by atoms with Crippen molar-refractivity contribution >= 4 is 16.7 Å². The van der Waals surface area contributed by atoms with E-state index in [9.17, 15) is 9.00 Å². The summed E-state index contributed by atoms with van der Waals surface area (Å²) in [6.07, 6.45) is 0. The second kappa shape index (κ2) is 8.11. The number of benzene rings is 2. The van der Waals surface area contributed by atoms with E-state index in [2.05, 4.69) is 0 Å². The van der Waals surface area contributed by atoms with Crippen LogP contribution in [0.5, 0.6) is 5.75 Å². The van der Waals surface area contributed by atoms with Crippen molar-refractivity contribution in [3.63, 3.8) is 0 Å². The zero-order valence-electron chi connectivity index (χ0n) is 14.5. The fraction of sp³-hybridized carbons (Fsp3) is 0.316. The molecule has 0 aromatic heterocycles. The number of para-hydroxylation sites is 1. The molecule has 0 saturated carbocycles. The summed E-state index contributed by atoms with van der Waals surface area (Å²) in [5.41, 5.74) is 1.96. The van der Waals surface area contributed by atoms with Gasteiger partial charge in [-0.2, -0.15) is 0 Å². The molecule has 0 spiro atoms. The summed E-state index contributed by atoms with van der Waals surface area (Å²) in [6.45, 7) is 3.88. The Balaban J connectivity index is 2.10. The highest BCUT2D eigenvalue weighted by Gasteiger charge is 2.22. The van der Waals surface area contributed by atoms with Gasteiger partial charge >= 0.3 is 0 Å². The lowest BCUT2D eigenvalue weighted by Gasteiger charge is -2.26. The number of hydrogen-bond acceptors (Lipinski definition) is 3. The highest BCUT2D eigenvalue weighted by atomic mass is 32.2. The Labute approximate surface area is 145 Å². The van der Waals surface area contributed by atoms with Crippen LogP contribution in [-0.4, -0.2) is 34.9 Å². The number of aryl methyl sites for hydroxylation is 1. The van der Waals surface area contributed by atoms with Gasteiger partial charge in [0.25, 0.3) is 0 Å². The van der Waals surface area contributed by atoms with E-state index in [1.807, 2.05) is 56.3 Å². The van der Waals surface area contributed by atoms with Crippen LogP contribution in [0.3, 0.4) is 0 Å². The van der Waals surface area contributed by atoms with Gasteiger partial charge in [-0.1, -0.05) is 30.3 Å². The van der Waals surface area contributed by atoms with Gasteiger partial charge in [-0.25, -0.2) is 0 Å². The second-order valence-corrected chi connectivity index (χ2v) is 7.18. The first kappa shape index (κ1) is 18.2. The van der Waals surface area contributed by atoms with Crippen molar-refractivity contribution in [3.8, 4) is 5.75 Å². The van der Waals surface area contributed by atoms with Crippen molar-refractivity contribution in [2.45, 2.75) is 24.8 Å². The summed E-state index contributed by atoms with van der Waals surface area (Å²) >= 11 is 0. The van der Waals surface area contributed by atoms with E-state index in [0.29, 0.717) is 4.90 Å². The zero-order valence-corrected chi connectivity index (χ0v) is 15.3. The largest absolute Gasteiger partial charge is 0.496 e. The number of carbonyl (C=O) groups excluding carboxylic acids is 1. The first-order valence-electron chi connectivity index (χ1n) is 7.77. The average Bonchev–Trinajstić information content (AvgIpc) is 2.60. The summed E-state index contributed by atoms with van der Waals surface area (Å²) in [5.74, 6) is 0.553. The predicted octanol–water partition coefficient (Wildman–Crippen LogP) is 3.33. The maximum atomic E-state index is 12.5. The Morgan fingerprint density at radius 2 is 1.92 bits per heavy atom. The van der Waals surface area contributed by atoms with Crippen LogP contribution >= 0.6 is 0 Å². The first-order chi connectivity index (χ1) is 11.4. The third-order valence-corrected chi connectivity index (χ3v) is 5.36. The molecule has 0 heterocycles. The molecule has 128 valence electrons. The van der Waals surface area contributed by atoms with Gasteiger partial charge in [0.2, 0.25) is 5.91 Å². The Kier molecular flexibility index (Phi) is 6.15. The van der Waals surface area contributed by atoms with Gasteiger partial charge in [-0.05, 0) is 37.6 Å². The molecule has 0 saturated heterocycles. The number of carbonyl (C=O) groups is 1. The van der Waals surface area contributed by atoms with Crippen LogP contribution in [0.1, 0.15) is 24.1 Å². The van der Waals surface area contributed by atoms with Crippen molar-refractivity contribution in [2.75, 3.05) is 19.9 Å². The van der Waals surface area contributed by atoms with Gasteiger partial charge in [0, 0.05) is 17.5 Å². The zero-order chi connectivity index (χ0) is 17.7. The minimum atomic E-state index is -1.35. The lowest BCUT2D eigenvalue weighted by Crippen LogP contribution is -2.33. The molecule has 24 heavy (non-hydrogen) atoms. The van der Waals surface area contributed by atoms with Crippen LogP contribution in [-0.2, 0) is 15.6 Å². The minimum Gasteiger partial charge on any atom is -0.496 e. The molecule has 0 N–H and O–H groups in total. The molecule has 1 amide bonds. The van der Waals surface area contributed by atoms with Crippen LogP contribution in [0.25, 0.3) is 0 Å². The van der Waals surface area contributed by atoms with E-state index in [0.717, 1.165) is 16.9 Å². The van der Waals surface area contributed by atoms with E-state index in [1.54, 1.807) is 25.1 Å². The third kappa shape index (κ3) is 4.23. The summed E-state index contributed by atoms with van der Waals surface area (Å²) in [7, 11) is 1.99. The molecule has 2 rings (SSSR count). The van der Waals surface area contributed by atoms with Crippen LogP contribution in [0.4, 0.5) is 0 Å².